The van der Waals surface area contributed by atoms with E-state index < -0.39 is 6.55 Å². The summed E-state index contributed by atoms with van der Waals surface area (Å²) in [5.74, 6) is -0.0158. The van der Waals surface area contributed by atoms with Gasteiger partial charge >= 0.3 is 6.55 Å². The van der Waals surface area contributed by atoms with Crippen LogP contribution in [0.4, 0.5) is 8.78 Å². The molecular weight excluding hydrogens is 278 g/mol. The molecule has 1 aromatic heterocycles. The van der Waals surface area contributed by atoms with Crippen molar-refractivity contribution in [1.82, 2.24) is 9.47 Å². The predicted molar refractivity (Wildman–Crippen MR) is 75.5 cm³/mol. The molecule has 0 radical (unpaired) electrons. The van der Waals surface area contributed by atoms with E-state index in [-0.39, 0.29) is 11.6 Å². The Labute approximate surface area is 123 Å². The van der Waals surface area contributed by atoms with E-state index in [2.05, 4.69) is 0 Å². The molecule has 1 saturated heterocycles. The molecule has 4 nitrogen and oxygen atoms in total. The zero-order valence-corrected chi connectivity index (χ0v) is 12.5. The van der Waals surface area contributed by atoms with Gasteiger partial charge in [0.2, 0.25) is 0 Å². The first-order chi connectivity index (χ1) is 10.0. The van der Waals surface area contributed by atoms with Crippen LogP contribution in [0.15, 0.2) is 12.1 Å². The number of halogens is 2. The number of rotatable bonds is 6. The van der Waals surface area contributed by atoms with Crippen LogP contribution in [0.5, 0.6) is 0 Å². The first-order valence-corrected chi connectivity index (χ1v) is 7.37. The summed E-state index contributed by atoms with van der Waals surface area (Å²) in [6.45, 7) is 3.47. The molecule has 1 amide bonds. The first kappa shape index (κ1) is 15.9. The van der Waals surface area contributed by atoms with Gasteiger partial charge in [0.25, 0.3) is 5.91 Å². The highest BCUT2D eigenvalue weighted by Gasteiger charge is 2.30. The molecule has 0 saturated carbocycles. The highest BCUT2D eigenvalue weighted by Crippen LogP contribution is 2.23. The normalized spacial score (nSPS) is 18.7. The van der Waals surface area contributed by atoms with Crippen LogP contribution < -0.4 is 0 Å². The molecule has 0 aromatic carbocycles. The molecular formula is C15H22F2N2O2. The second-order valence-corrected chi connectivity index (χ2v) is 5.49. The van der Waals surface area contributed by atoms with E-state index in [1.165, 1.54) is 6.07 Å². The molecule has 1 unspecified atom stereocenters. The molecule has 0 spiro atoms. The Morgan fingerprint density at radius 2 is 2.24 bits per heavy atom. The molecule has 2 rings (SSSR count). The summed E-state index contributed by atoms with van der Waals surface area (Å²) >= 11 is 0. The van der Waals surface area contributed by atoms with Crippen molar-refractivity contribution in [3.05, 3.63) is 23.5 Å². The van der Waals surface area contributed by atoms with Gasteiger partial charge < -0.3 is 9.64 Å². The number of alkyl halides is 2. The third-order valence-electron chi connectivity index (χ3n) is 3.81. The maximum Gasteiger partial charge on any atom is 0.319 e. The highest BCUT2D eigenvalue weighted by molar-refractivity contribution is 5.93. The number of ether oxygens (including phenoxy) is 1. The smallest absolute Gasteiger partial charge is 0.319 e. The molecule has 0 aliphatic carbocycles. The van der Waals surface area contributed by atoms with E-state index in [0.717, 1.165) is 24.0 Å². The Balaban J connectivity index is 1.99. The lowest BCUT2D eigenvalue weighted by Crippen LogP contribution is -2.31. The van der Waals surface area contributed by atoms with Crippen LogP contribution in [0.2, 0.25) is 0 Å². The van der Waals surface area contributed by atoms with Gasteiger partial charge in [-0.05, 0) is 31.9 Å². The number of likely N-dealkylation sites (tertiary alicyclic amines) is 1. The van der Waals surface area contributed by atoms with E-state index in [9.17, 15) is 13.6 Å². The Hall–Kier alpha value is -1.43. The van der Waals surface area contributed by atoms with Crippen LogP contribution >= 0.6 is 0 Å². The number of aromatic nitrogens is 1. The minimum Gasteiger partial charge on any atom is -0.381 e. The van der Waals surface area contributed by atoms with Gasteiger partial charge in [-0.2, -0.15) is 8.78 Å². The van der Waals surface area contributed by atoms with Gasteiger partial charge in [-0.25, -0.2) is 0 Å². The van der Waals surface area contributed by atoms with Crippen LogP contribution in [0.3, 0.4) is 0 Å². The second-order valence-electron chi connectivity index (χ2n) is 5.49. The van der Waals surface area contributed by atoms with E-state index in [1.54, 1.807) is 17.9 Å². The lowest BCUT2D eigenvalue weighted by molar-refractivity contribution is 0.0557. The van der Waals surface area contributed by atoms with Crippen molar-refractivity contribution in [2.24, 2.45) is 5.92 Å². The summed E-state index contributed by atoms with van der Waals surface area (Å²) in [5.41, 5.74) is 0.466. The summed E-state index contributed by atoms with van der Waals surface area (Å²) in [7, 11) is 0. The average Bonchev–Trinajstić information content (AvgIpc) is 3.05. The van der Waals surface area contributed by atoms with E-state index >= 15 is 0 Å². The fourth-order valence-corrected chi connectivity index (χ4v) is 2.69. The quantitative estimate of drug-likeness (QED) is 0.757. The summed E-state index contributed by atoms with van der Waals surface area (Å²) in [6.07, 6.45) is 1.83. The Bertz CT molecular complexity index is 488. The highest BCUT2D eigenvalue weighted by atomic mass is 19.3. The average molecular weight is 300 g/mol. The van der Waals surface area contributed by atoms with Crippen LogP contribution in [0.1, 0.15) is 42.5 Å². The molecule has 1 atom stereocenters. The standard InChI is InChI=1S/C15H22F2N2O2/c1-3-8-21-10-12-6-7-18(9-12)14(20)13-5-4-11(2)19(13)15(16)17/h4-5,12,15H,3,6-10H2,1-2H3. The van der Waals surface area contributed by atoms with Gasteiger partial charge in [-0.1, -0.05) is 6.92 Å². The fourth-order valence-electron chi connectivity index (χ4n) is 2.69. The molecule has 118 valence electrons. The first-order valence-electron chi connectivity index (χ1n) is 7.37. The number of carbonyl (C=O) groups excluding carboxylic acids is 1. The predicted octanol–water partition coefficient (Wildman–Crippen LogP) is 3.08. The van der Waals surface area contributed by atoms with Crippen LogP contribution in [-0.2, 0) is 4.74 Å². The van der Waals surface area contributed by atoms with Crippen molar-refractivity contribution in [3.63, 3.8) is 0 Å². The zero-order chi connectivity index (χ0) is 15.4. The molecule has 1 fully saturated rings. The molecule has 1 aliphatic rings. The van der Waals surface area contributed by atoms with Crippen molar-refractivity contribution in [2.45, 2.75) is 33.2 Å². The van der Waals surface area contributed by atoms with Crippen LogP contribution in [0, 0.1) is 12.8 Å². The summed E-state index contributed by atoms with van der Waals surface area (Å²) < 4.78 is 32.3. The van der Waals surface area contributed by atoms with Gasteiger partial charge in [0.1, 0.15) is 5.69 Å². The van der Waals surface area contributed by atoms with Crippen molar-refractivity contribution >= 4 is 5.91 Å². The minimum atomic E-state index is -2.69. The van der Waals surface area contributed by atoms with Crippen molar-refractivity contribution in [3.8, 4) is 0 Å². The summed E-state index contributed by atoms with van der Waals surface area (Å²) in [4.78, 5) is 14.0. The Morgan fingerprint density at radius 3 is 2.90 bits per heavy atom. The maximum absolute atomic E-state index is 13.0. The van der Waals surface area contributed by atoms with Crippen LogP contribution in [-0.4, -0.2) is 41.7 Å². The van der Waals surface area contributed by atoms with Crippen LogP contribution in [0.25, 0.3) is 0 Å². The number of amides is 1. The number of aryl methyl sites for hydroxylation is 1. The largest absolute Gasteiger partial charge is 0.381 e. The third kappa shape index (κ3) is 3.61. The SMILES string of the molecule is CCCOCC1CCN(C(=O)c2ccc(C)n2C(F)F)C1. The zero-order valence-electron chi connectivity index (χ0n) is 12.5. The minimum absolute atomic E-state index is 0.0672. The number of carbonyl (C=O) groups is 1. The van der Waals surface area contributed by atoms with Crippen molar-refractivity contribution in [2.75, 3.05) is 26.3 Å². The van der Waals surface area contributed by atoms with E-state index in [4.69, 9.17) is 4.74 Å². The van der Waals surface area contributed by atoms with Gasteiger partial charge in [0, 0.05) is 31.3 Å². The lowest BCUT2D eigenvalue weighted by Gasteiger charge is -2.18. The Morgan fingerprint density at radius 1 is 1.48 bits per heavy atom. The van der Waals surface area contributed by atoms with Gasteiger partial charge in [0.15, 0.2) is 0 Å². The molecule has 1 aromatic rings. The number of nitrogens with zero attached hydrogens (tertiary/aromatic N) is 2. The van der Waals surface area contributed by atoms with Crippen molar-refractivity contribution in [1.29, 1.82) is 0 Å². The summed E-state index contributed by atoms with van der Waals surface area (Å²) in [6, 6.07) is 3.03. The van der Waals surface area contributed by atoms with E-state index in [0.29, 0.717) is 31.3 Å². The van der Waals surface area contributed by atoms with Crippen molar-refractivity contribution < 1.29 is 18.3 Å². The molecule has 6 heteroatoms. The van der Waals surface area contributed by atoms with Gasteiger partial charge in [-0.3, -0.25) is 9.36 Å². The monoisotopic (exact) mass is 300 g/mol. The number of hydrogen-bond donors (Lipinski definition) is 0. The fraction of sp³-hybridized carbons (Fsp3) is 0.667. The lowest BCUT2D eigenvalue weighted by atomic mass is 10.1. The molecule has 2 heterocycles. The second kappa shape index (κ2) is 7.02. The molecule has 0 bridgehead atoms. The molecule has 21 heavy (non-hydrogen) atoms. The maximum atomic E-state index is 13.0. The molecule has 0 N–H and O–H groups in total. The summed E-state index contributed by atoms with van der Waals surface area (Å²) in [5, 5.41) is 0. The number of hydrogen-bond acceptors (Lipinski definition) is 2. The molecule has 1 aliphatic heterocycles. The topological polar surface area (TPSA) is 34.5 Å². The van der Waals surface area contributed by atoms with Gasteiger partial charge in [-0.15, -0.1) is 0 Å². The van der Waals surface area contributed by atoms with Gasteiger partial charge in [0.05, 0.1) is 6.61 Å². The Kier molecular flexibility index (Phi) is 5.33. The van der Waals surface area contributed by atoms with E-state index in [1.807, 2.05) is 6.92 Å². The third-order valence-corrected chi connectivity index (χ3v) is 3.81.